The van der Waals surface area contributed by atoms with Gasteiger partial charge in [-0.1, -0.05) is 11.6 Å². The molecule has 2 rings (SSSR count). The molecule has 4 nitrogen and oxygen atoms in total. The largest absolute Gasteiger partial charge is 0.496 e. The highest BCUT2D eigenvalue weighted by Crippen LogP contribution is 2.56. The Morgan fingerprint density at radius 2 is 2.00 bits per heavy atom. The first-order valence-corrected chi connectivity index (χ1v) is 5.59. The lowest BCUT2D eigenvalue weighted by Gasteiger charge is -2.19. The second-order valence-corrected chi connectivity index (χ2v) is 4.45. The molecule has 5 heteroatoms. The summed E-state index contributed by atoms with van der Waals surface area (Å²) in [4.78, 5) is 11.4. The van der Waals surface area contributed by atoms with E-state index < -0.39 is 11.4 Å². The summed E-state index contributed by atoms with van der Waals surface area (Å²) in [6, 6.07) is 3.31. The van der Waals surface area contributed by atoms with E-state index in [1.807, 2.05) is 0 Å². The van der Waals surface area contributed by atoms with Crippen LogP contribution in [0.25, 0.3) is 0 Å². The van der Waals surface area contributed by atoms with Crippen molar-refractivity contribution in [3.05, 3.63) is 22.7 Å². The van der Waals surface area contributed by atoms with Crippen LogP contribution in [-0.2, 0) is 10.2 Å². The zero-order valence-electron chi connectivity index (χ0n) is 9.62. The Hall–Kier alpha value is -1.42. The first-order valence-electron chi connectivity index (χ1n) is 5.21. The summed E-state index contributed by atoms with van der Waals surface area (Å²) >= 11 is 6.02. The third kappa shape index (κ3) is 1.72. The quantitative estimate of drug-likeness (QED) is 0.899. The van der Waals surface area contributed by atoms with Crippen LogP contribution in [0.1, 0.15) is 18.4 Å². The topological polar surface area (TPSA) is 55.8 Å². The summed E-state index contributed by atoms with van der Waals surface area (Å²) in [7, 11) is 2.98. The average Bonchev–Trinajstić information content (AvgIpc) is 3.09. The maximum atomic E-state index is 11.4. The minimum Gasteiger partial charge on any atom is -0.496 e. The van der Waals surface area contributed by atoms with E-state index in [2.05, 4.69) is 0 Å². The number of methoxy groups -OCH3 is 2. The van der Waals surface area contributed by atoms with Crippen LogP contribution in [0.15, 0.2) is 12.1 Å². The van der Waals surface area contributed by atoms with Gasteiger partial charge in [0.1, 0.15) is 16.9 Å². The van der Waals surface area contributed by atoms with Crippen molar-refractivity contribution >= 4 is 17.6 Å². The van der Waals surface area contributed by atoms with Crippen molar-refractivity contribution in [2.24, 2.45) is 0 Å². The number of halogens is 1. The van der Waals surface area contributed by atoms with Gasteiger partial charge in [-0.3, -0.25) is 4.79 Å². The smallest absolute Gasteiger partial charge is 0.314 e. The maximum absolute atomic E-state index is 11.4. The van der Waals surface area contributed by atoms with Crippen molar-refractivity contribution in [2.75, 3.05) is 14.2 Å². The molecule has 0 aliphatic heterocycles. The summed E-state index contributed by atoms with van der Waals surface area (Å²) in [5.74, 6) is 0.0356. The number of carboxylic acids is 1. The zero-order valence-corrected chi connectivity index (χ0v) is 10.4. The van der Waals surface area contributed by atoms with Gasteiger partial charge >= 0.3 is 5.97 Å². The van der Waals surface area contributed by atoms with Crippen molar-refractivity contribution in [1.82, 2.24) is 0 Å². The molecule has 1 saturated carbocycles. The van der Waals surface area contributed by atoms with Gasteiger partial charge in [-0.05, 0) is 25.0 Å². The molecule has 1 N–H and O–H groups in total. The Morgan fingerprint density at radius 1 is 1.35 bits per heavy atom. The lowest BCUT2D eigenvalue weighted by Crippen LogP contribution is -2.21. The molecule has 0 atom stereocenters. The van der Waals surface area contributed by atoms with Crippen LogP contribution in [0.2, 0.25) is 5.02 Å². The SMILES string of the molecule is COc1ccc(Cl)c(OC)c1C1(C(=O)O)CC1. The van der Waals surface area contributed by atoms with E-state index in [1.54, 1.807) is 12.1 Å². The molecule has 17 heavy (non-hydrogen) atoms. The van der Waals surface area contributed by atoms with E-state index in [0.29, 0.717) is 34.9 Å². The predicted molar refractivity (Wildman–Crippen MR) is 63.1 cm³/mol. The van der Waals surface area contributed by atoms with E-state index in [4.69, 9.17) is 21.1 Å². The van der Waals surface area contributed by atoms with Gasteiger partial charge in [0.05, 0.1) is 24.8 Å². The fourth-order valence-electron chi connectivity index (χ4n) is 2.06. The molecule has 1 fully saturated rings. The number of benzene rings is 1. The van der Waals surface area contributed by atoms with Crippen LogP contribution in [0.4, 0.5) is 0 Å². The Morgan fingerprint density at radius 3 is 2.41 bits per heavy atom. The summed E-state index contributed by atoms with van der Waals surface area (Å²) in [6.07, 6.45) is 1.16. The van der Waals surface area contributed by atoms with Gasteiger partial charge in [0.15, 0.2) is 0 Å². The molecule has 0 unspecified atom stereocenters. The highest BCUT2D eigenvalue weighted by molar-refractivity contribution is 6.32. The van der Waals surface area contributed by atoms with Crippen LogP contribution in [0, 0.1) is 0 Å². The molecule has 1 aliphatic carbocycles. The third-order valence-corrected chi connectivity index (χ3v) is 3.43. The number of rotatable bonds is 4. The fraction of sp³-hybridized carbons (Fsp3) is 0.417. The Balaban J connectivity index is 2.65. The molecular weight excluding hydrogens is 244 g/mol. The van der Waals surface area contributed by atoms with Crippen LogP contribution in [-0.4, -0.2) is 25.3 Å². The molecule has 92 valence electrons. The normalized spacial score (nSPS) is 16.4. The first kappa shape index (κ1) is 12.0. The summed E-state index contributed by atoms with van der Waals surface area (Å²) in [6.45, 7) is 0. The summed E-state index contributed by atoms with van der Waals surface area (Å²) < 4.78 is 10.4. The summed E-state index contributed by atoms with van der Waals surface area (Å²) in [5, 5.41) is 9.73. The molecule has 0 aromatic heterocycles. The van der Waals surface area contributed by atoms with Gasteiger partial charge in [-0.2, -0.15) is 0 Å². The van der Waals surface area contributed by atoms with Crippen molar-refractivity contribution in [1.29, 1.82) is 0 Å². The number of carboxylic acid groups (broad SMARTS) is 1. The lowest BCUT2D eigenvalue weighted by molar-refractivity contribution is -0.140. The minimum atomic E-state index is -0.901. The van der Waals surface area contributed by atoms with E-state index in [1.165, 1.54) is 14.2 Å². The highest BCUT2D eigenvalue weighted by atomic mass is 35.5. The van der Waals surface area contributed by atoms with Gasteiger partial charge in [0.25, 0.3) is 0 Å². The highest BCUT2D eigenvalue weighted by Gasteiger charge is 2.55. The monoisotopic (exact) mass is 256 g/mol. The standard InChI is InChI=1S/C12H13ClO4/c1-16-8-4-3-7(13)10(17-2)9(8)12(5-6-12)11(14)15/h3-4H,5-6H2,1-2H3,(H,14,15). The van der Waals surface area contributed by atoms with E-state index >= 15 is 0 Å². The first-order chi connectivity index (χ1) is 8.06. The number of carbonyl (C=O) groups is 1. The van der Waals surface area contributed by atoms with Crippen LogP contribution < -0.4 is 9.47 Å². The van der Waals surface area contributed by atoms with Gasteiger partial charge in [-0.15, -0.1) is 0 Å². The zero-order chi connectivity index (χ0) is 12.6. The second-order valence-electron chi connectivity index (χ2n) is 4.05. The van der Waals surface area contributed by atoms with Gasteiger partial charge in [0, 0.05) is 0 Å². The molecule has 0 heterocycles. The van der Waals surface area contributed by atoms with Crippen LogP contribution >= 0.6 is 11.6 Å². The molecule has 0 radical (unpaired) electrons. The number of hydrogen-bond acceptors (Lipinski definition) is 3. The van der Waals surface area contributed by atoms with Crippen molar-refractivity contribution in [2.45, 2.75) is 18.3 Å². The molecule has 0 spiro atoms. The molecule has 0 bridgehead atoms. The third-order valence-electron chi connectivity index (χ3n) is 3.13. The molecule has 0 amide bonds. The fourth-order valence-corrected chi connectivity index (χ4v) is 2.29. The Kier molecular flexibility index (Phi) is 2.91. The molecule has 1 aromatic carbocycles. The van der Waals surface area contributed by atoms with Crippen LogP contribution in [0.3, 0.4) is 0 Å². The molecular formula is C12H13ClO4. The molecule has 1 aliphatic rings. The van der Waals surface area contributed by atoms with E-state index in [9.17, 15) is 9.90 Å². The van der Waals surface area contributed by atoms with Gasteiger partial charge in [-0.25, -0.2) is 0 Å². The van der Waals surface area contributed by atoms with Crippen molar-refractivity contribution in [3.8, 4) is 11.5 Å². The van der Waals surface area contributed by atoms with Crippen LogP contribution in [0.5, 0.6) is 11.5 Å². The second kappa shape index (κ2) is 4.11. The number of ether oxygens (including phenoxy) is 2. The van der Waals surface area contributed by atoms with Crippen molar-refractivity contribution < 1.29 is 19.4 Å². The maximum Gasteiger partial charge on any atom is 0.314 e. The van der Waals surface area contributed by atoms with E-state index in [0.717, 1.165) is 0 Å². The van der Waals surface area contributed by atoms with Gasteiger partial charge in [0.2, 0.25) is 0 Å². The van der Waals surface area contributed by atoms with Crippen molar-refractivity contribution in [3.63, 3.8) is 0 Å². The average molecular weight is 257 g/mol. The van der Waals surface area contributed by atoms with Gasteiger partial charge < -0.3 is 14.6 Å². The van der Waals surface area contributed by atoms with E-state index in [-0.39, 0.29) is 0 Å². The predicted octanol–water partition coefficient (Wildman–Crippen LogP) is 2.47. The Labute approximate surface area is 104 Å². The molecule has 0 saturated heterocycles. The number of aliphatic carboxylic acids is 1. The summed E-state index contributed by atoms with van der Waals surface area (Å²) in [5.41, 5.74) is -0.357. The number of hydrogen-bond donors (Lipinski definition) is 1. The Bertz CT molecular complexity index is 466. The molecule has 1 aromatic rings. The lowest BCUT2D eigenvalue weighted by atomic mass is 9.94. The minimum absolute atomic E-state index is 0.394.